The molecule has 0 atom stereocenters. The largest absolute Gasteiger partial charge is 0.503 e. The number of aromatic hydroxyl groups is 1. The zero-order valence-corrected chi connectivity index (χ0v) is 7.40. The van der Waals surface area contributed by atoms with E-state index in [-0.39, 0.29) is 0 Å². The van der Waals surface area contributed by atoms with E-state index in [4.69, 9.17) is 5.11 Å². The molecule has 0 saturated heterocycles. The number of carbonyl (C=O) groups is 1. The van der Waals surface area contributed by atoms with Crippen molar-refractivity contribution in [1.82, 2.24) is 0 Å². The summed E-state index contributed by atoms with van der Waals surface area (Å²) in [5.74, 6) is -6.89. The molecule has 0 aromatic heterocycles. The molecule has 1 aromatic rings. The lowest BCUT2D eigenvalue weighted by Gasteiger charge is -2.09. The average molecular weight is 241 g/mol. The number of halogens is 5. The van der Waals surface area contributed by atoms with Gasteiger partial charge in [0.05, 0.1) is 5.69 Å². The van der Waals surface area contributed by atoms with Crippen LogP contribution in [0, 0.1) is 11.6 Å². The summed E-state index contributed by atoms with van der Waals surface area (Å²) in [5, 5.41) is 9.87. The Bertz CT molecular complexity index is 429. The van der Waals surface area contributed by atoms with Gasteiger partial charge in [-0.2, -0.15) is 13.2 Å². The number of carbonyl (C=O) groups excluding carboxylic acids is 1. The van der Waals surface area contributed by atoms with E-state index in [0.717, 1.165) is 5.32 Å². The minimum absolute atomic E-state index is 0.518. The summed E-state index contributed by atoms with van der Waals surface area (Å²) < 4.78 is 60.8. The third-order valence-electron chi connectivity index (χ3n) is 1.57. The summed E-state index contributed by atoms with van der Waals surface area (Å²) in [4.78, 5) is 10.4. The standard InChI is InChI=1S/C8H4F5NO2/c9-3-1-2-4(5(10)6(3)15)14-7(16)8(11,12)13/h1-2,15H,(H,14,16). The first-order valence-electron chi connectivity index (χ1n) is 3.78. The fourth-order valence-electron chi connectivity index (χ4n) is 0.831. The number of amides is 1. The van der Waals surface area contributed by atoms with Crippen LogP contribution in [-0.4, -0.2) is 17.2 Å². The molecule has 1 aromatic carbocycles. The van der Waals surface area contributed by atoms with E-state index < -0.39 is 35.2 Å². The van der Waals surface area contributed by atoms with E-state index in [9.17, 15) is 26.7 Å². The van der Waals surface area contributed by atoms with Gasteiger partial charge in [-0.1, -0.05) is 0 Å². The van der Waals surface area contributed by atoms with E-state index >= 15 is 0 Å². The van der Waals surface area contributed by atoms with Crippen molar-refractivity contribution in [1.29, 1.82) is 0 Å². The van der Waals surface area contributed by atoms with E-state index in [0.29, 0.717) is 12.1 Å². The Morgan fingerprint density at radius 2 is 1.81 bits per heavy atom. The fraction of sp³-hybridized carbons (Fsp3) is 0.125. The third-order valence-corrected chi connectivity index (χ3v) is 1.57. The lowest BCUT2D eigenvalue weighted by Crippen LogP contribution is -2.30. The monoisotopic (exact) mass is 241 g/mol. The van der Waals surface area contributed by atoms with Gasteiger partial charge in [-0.25, -0.2) is 8.78 Å². The molecular formula is C8H4F5NO2. The molecule has 0 aliphatic heterocycles. The molecule has 0 aliphatic carbocycles. The molecule has 0 bridgehead atoms. The quantitative estimate of drug-likeness (QED) is 0.740. The van der Waals surface area contributed by atoms with Crippen molar-refractivity contribution in [2.45, 2.75) is 6.18 Å². The number of rotatable bonds is 1. The molecule has 3 nitrogen and oxygen atoms in total. The number of alkyl halides is 3. The van der Waals surface area contributed by atoms with Crippen LogP contribution in [-0.2, 0) is 4.79 Å². The second-order valence-corrected chi connectivity index (χ2v) is 2.71. The molecule has 0 fully saturated rings. The van der Waals surface area contributed by atoms with Crippen LogP contribution >= 0.6 is 0 Å². The fourth-order valence-corrected chi connectivity index (χ4v) is 0.831. The molecule has 1 amide bonds. The number of phenols is 1. The number of phenolic OH excluding ortho intramolecular Hbond substituents is 1. The Morgan fingerprint density at radius 3 is 2.31 bits per heavy atom. The van der Waals surface area contributed by atoms with Crippen molar-refractivity contribution in [3.05, 3.63) is 23.8 Å². The summed E-state index contributed by atoms with van der Waals surface area (Å²) in [6, 6.07) is 1.08. The number of hydrogen-bond donors (Lipinski definition) is 2. The molecule has 1 rings (SSSR count). The smallest absolute Gasteiger partial charge is 0.471 e. The maximum absolute atomic E-state index is 12.9. The normalized spacial score (nSPS) is 11.3. The number of benzene rings is 1. The van der Waals surface area contributed by atoms with Crippen LogP contribution < -0.4 is 5.32 Å². The Morgan fingerprint density at radius 1 is 1.25 bits per heavy atom. The zero-order chi connectivity index (χ0) is 12.5. The number of hydrogen-bond acceptors (Lipinski definition) is 2. The predicted molar refractivity (Wildman–Crippen MR) is 42.7 cm³/mol. The Balaban J connectivity index is 3.00. The Hall–Kier alpha value is -1.86. The second-order valence-electron chi connectivity index (χ2n) is 2.71. The Kier molecular flexibility index (Phi) is 3.02. The Labute approximate surface area is 85.5 Å². The van der Waals surface area contributed by atoms with Gasteiger partial charge in [0.15, 0.2) is 17.4 Å². The van der Waals surface area contributed by atoms with Crippen LogP contribution in [0.5, 0.6) is 5.75 Å². The maximum Gasteiger partial charge on any atom is 0.471 e. The molecule has 16 heavy (non-hydrogen) atoms. The van der Waals surface area contributed by atoms with Gasteiger partial charge in [-0.15, -0.1) is 0 Å². The molecule has 0 heterocycles. The van der Waals surface area contributed by atoms with Gasteiger partial charge < -0.3 is 10.4 Å². The van der Waals surface area contributed by atoms with Crippen molar-refractivity contribution in [3.8, 4) is 5.75 Å². The van der Waals surface area contributed by atoms with Crippen LogP contribution in [0.1, 0.15) is 0 Å². The molecule has 88 valence electrons. The molecule has 0 aliphatic rings. The van der Waals surface area contributed by atoms with Gasteiger partial charge in [0.25, 0.3) is 0 Å². The van der Waals surface area contributed by atoms with Gasteiger partial charge in [0.1, 0.15) is 0 Å². The van der Waals surface area contributed by atoms with E-state index in [2.05, 4.69) is 0 Å². The highest BCUT2D eigenvalue weighted by atomic mass is 19.4. The van der Waals surface area contributed by atoms with Crippen LogP contribution in [0.3, 0.4) is 0 Å². The molecule has 0 radical (unpaired) electrons. The van der Waals surface area contributed by atoms with E-state index in [1.165, 1.54) is 0 Å². The van der Waals surface area contributed by atoms with Crippen molar-refractivity contribution in [2.75, 3.05) is 5.32 Å². The van der Waals surface area contributed by atoms with Crippen molar-refractivity contribution in [2.24, 2.45) is 0 Å². The van der Waals surface area contributed by atoms with Crippen LogP contribution in [0.2, 0.25) is 0 Å². The highest BCUT2D eigenvalue weighted by Gasteiger charge is 2.39. The summed E-state index contributed by atoms with van der Waals surface area (Å²) in [6.07, 6.45) is -5.20. The SMILES string of the molecule is O=C(Nc1ccc(F)c(O)c1F)C(F)(F)F. The van der Waals surface area contributed by atoms with Crippen molar-refractivity contribution >= 4 is 11.6 Å². The van der Waals surface area contributed by atoms with E-state index in [1.54, 1.807) is 0 Å². The van der Waals surface area contributed by atoms with Gasteiger partial charge >= 0.3 is 12.1 Å². The predicted octanol–water partition coefficient (Wildman–Crippen LogP) is 2.17. The molecule has 8 heteroatoms. The van der Waals surface area contributed by atoms with Crippen molar-refractivity contribution < 1.29 is 31.9 Å². The topological polar surface area (TPSA) is 49.3 Å². The van der Waals surface area contributed by atoms with Gasteiger partial charge in [-0.05, 0) is 12.1 Å². The van der Waals surface area contributed by atoms with Gasteiger partial charge in [-0.3, -0.25) is 4.79 Å². The highest BCUT2D eigenvalue weighted by molar-refractivity contribution is 5.95. The first-order valence-corrected chi connectivity index (χ1v) is 3.78. The molecule has 0 spiro atoms. The minimum atomic E-state index is -5.20. The highest BCUT2D eigenvalue weighted by Crippen LogP contribution is 2.27. The molecular weight excluding hydrogens is 237 g/mol. The van der Waals surface area contributed by atoms with Crippen LogP contribution in [0.15, 0.2) is 12.1 Å². The van der Waals surface area contributed by atoms with Crippen LogP contribution in [0.4, 0.5) is 27.6 Å². The number of anilines is 1. The maximum atomic E-state index is 12.9. The molecule has 0 unspecified atom stereocenters. The first-order chi connectivity index (χ1) is 7.23. The minimum Gasteiger partial charge on any atom is -0.503 e. The lowest BCUT2D eigenvalue weighted by atomic mass is 10.2. The van der Waals surface area contributed by atoms with E-state index in [1.807, 2.05) is 0 Å². The summed E-state index contributed by atoms with van der Waals surface area (Å²) in [6.45, 7) is 0. The summed E-state index contributed by atoms with van der Waals surface area (Å²) in [7, 11) is 0. The number of nitrogens with one attached hydrogen (secondary N) is 1. The van der Waals surface area contributed by atoms with Crippen molar-refractivity contribution in [3.63, 3.8) is 0 Å². The van der Waals surface area contributed by atoms with Crippen LogP contribution in [0.25, 0.3) is 0 Å². The lowest BCUT2D eigenvalue weighted by molar-refractivity contribution is -0.167. The summed E-state index contributed by atoms with van der Waals surface area (Å²) in [5.41, 5.74) is -0.957. The van der Waals surface area contributed by atoms with Gasteiger partial charge in [0, 0.05) is 0 Å². The molecule has 2 N–H and O–H groups in total. The second kappa shape index (κ2) is 3.95. The molecule has 0 saturated carbocycles. The first kappa shape index (κ1) is 12.2. The zero-order valence-electron chi connectivity index (χ0n) is 7.40. The average Bonchev–Trinajstić information content (AvgIpc) is 2.17. The van der Waals surface area contributed by atoms with Gasteiger partial charge in [0.2, 0.25) is 0 Å². The summed E-state index contributed by atoms with van der Waals surface area (Å²) >= 11 is 0. The third kappa shape index (κ3) is 2.38.